The van der Waals surface area contributed by atoms with E-state index < -0.39 is 17.8 Å². The Labute approximate surface area is 136 Å². The summed E-state index contributed by atoms with van der Waals surface area (Å²) in [6.07, 6.45) is -4.08. The fourth-order valence-corrected chi connectivity index (χ4v) is 2.13. The Morgan fingerprint density at radius 2 is 2.00 bits per heavy atom. The Bertz CT molecular complexity index is 671. The number of benzene rings is 1. The highest BCUT2D eigenvalue weighted by atomic mass is 19.4. The molecule has 1 aromatic carbocycles. The number of hydrogen-bond donors (Lipinski definition) is 2. The summed E-state index contributed by atoms with van der Waals surface area (Å²) in [5.41, 5.74) is -0.555. The van der Waals surface area contributed by atoms with Gasteiger partial charge in [-0.25, -0.2) is 0 Å². The molecule has 130 valence electrons. The van der Waals surface area contributed by atoms with Crippen molar-refractivity contribution in [1.82, 2.24) is 9.88 Å². The van der Waals surface area contributed by atoms with Crippen molar-refractivity contribution >= 4 is 5.91 Å². The van der Waals surface area contributed by atoms with Crippen LogP contribution < -0.4 is 4.74 Å². The summed E-state index contributed by atoms with van der Waals surface area (Å²) in [5.74, 6) is -0.697. The van der Waals surface area contributed by atoms with E-state index in [1.807, 2.05) is 0 Å². The zero-order valence-electron chi connectivity index (χ0n) is 12.9. The molecular weight excluding hydrogens is 325 g/mol. The number of aromatic amines is 1. The molecule has 1 atom stereocenters. The zero-order valence-corrected chi connectivity index (χ0v) is 12.9. The number of halogens is 3. The van der Waals surface area contributed by atoms with Gasteiger partial charge in [0.15, 0.2) is 0 Å². The first-order valence-electron chi connectivity index (χ1n) is 7.15. The van der Waals surface area contributed by atoms with Gasteiger partial charge in [-0.15, -0.1) is 0 Å². The van der Waals surface area contributed by atoms with E-state index in [-0.39, 0.29) is 24.8 Å². The van der Waals surface area contributed by atoms with Crippen LogP contribution in [0.4, 0.5) is 13.2 Å². The molecule has 1 heterocycles. The van der Waals surface area contributed by atoms with Crippen LogP contribution in [-0.4, -0.2) is 47.2 Å². The SMILES string of the molecule is CN(CC(O)COc1ccccc1C(F)(F)F)C(=O)c1ccc[nH]1. The molecule has 2 aromatic rings. The maximum Gasteiger partial charge on any atom is 0.419 e. The molecule has 24 heavy (non-hydrogen) atoms. The number of H-pyrrole nitrogens is 1. The summed E-state index contributed by atoms with van der Waals surface area (Å²) in [6.45, 7) is -0.443. The minimum Gasteiger partial charge on any atom is -0.490 e. The third-order valence-electron chi connectivity index (χ3n) is 3.28. The molecule has 0 saturated carbocycles. The summed E-state index contributed by atoms with van der Waals surface area (Å²) in [4.78, 5) is 16.0. The number of aliphatic hydroxyl groups excluding tert-OH is 1. The van der Waals surface area contributed by atoms with Crippen molar-refractivity contribution in [2.45, 2.75) is 12.3 Å². The highest BCUT2D eigenvalue weighted by Gasteiger charge is 2.34. The average molecular weight is 342 g/mol. The lowest BCUT2D eigenvalue weighted by Crippen LogP contribution is -2.37. The van der Waals surface area contributed by atoms with Crippen LogP contribution in [0.5, 0.6) is 5.75 Å². The molecule has 0 aliphatic carbocycles. The van der Waals surface area contributed by atoms with Crippen LogP contribution in [0.1, 0.15) is 16.1 Å². The fraction of sp³-hybridized carbons (Fsp3) is 0.312. The predicted octanol–water partition coefficient (Wildman–Crippen LogP) is 2.55. The van der Waals surface area contributed by atoms with Gasteiger partial charge in [0.05, 0.1) is 5.56 Å². The van der Waals surface area contributed by atoms with Crippen LogP contribution in [0.2, 0.25) is 0 Å². The molecule has 0 spiro atoms. The molecule has 1 aromatic heterocycles. The van der Waals surface area contributed by atoms with E-state index in [9.17, 15) is 23.1 Å². The van der Waals surface area contributed by atoms with Crippen molar-refractivity contribution in [1.29, 1.82) is 0 Å². The number of hydrogen-bond acceptors (Lipinski definition) is 3. The second-order valence-electron chi connectivity index (χ2n) is 5.23. The van der Waals surface area contributed by atoms with E-state index >= 15 is 0 Å². The van der Waals surface area contributed by atoms with Crippen LogP contribution in [0.25, 0.3) is 0 Å². The van der Waals surface area contributed by atoms with Crippen molar-refractivity contribution < 1.29 is 27.8 Å². The van der Waals surface area contributed by atoms with Crippen molar-refractivity contribution in [3.8, 4) is 5.75 Å². The number of carbonyl (C=O) groups excluding carboxylic acids is 1. The Balaban J connectivity index is 1.92. The molecule has 0 aliphatic heterocycles. The average Bonchev–Trinajstić information content (AvgIpc) is 3.06. The van der Waals surface area contributed by atoms with E-state index in [0.717, 1.165) is 6.07 Å². The van der Waals surface area contributed by atoms with Crippen LogP contribution in [0, 0.1) is 0 Å². The van der Waals surface area contributed by atoms with Crippen LogP contribution in [0.3, 0.4) is 0 Å². The molecule has 0 radical (unpaired) electrons. The number of amides is 1. The molecule has 1 amide bonds. The molecule has 0 aliphatic rings. The number of para-hydroxylation sites is 1. The van der Waals surface area contributed by atoms with Crippen molar-refractivity contribution in [3.63, 3.8) is 0 Å². The first-order chi connectivity index (χ1) is 11.3. The van der Waals surface area contributed by atoms with E-state index in [4.69, 9.17) is 4.74 Å². The fourth-order valence-electron chi connectivity index (χ4n) is 2.13. The molecule has 5 nitrogen and oxygen atoms in total. The lowest BCUT2D eigenvalue weighted by molar-refractivity contribution is -0.139. The number of aromatic nitrogens is 1. The monoisotopic (exact) mass is 342 g/mol. The topological polar surface area (TPSA) is 65.6 Å². The van der Waals surface area contributed by atoms with Gasteiger partial charge >= 0.3 is 6.18 Å². The highest BCUT2D eigenvalue weighted by molar-refractivity contribution is 5.92. The second-order valence-corrected chi connectivity index (χ2v) is 5.23. The van der Waals surface area contributed by atoms with Gasteiger partial charge in [-0.3, -0.25) is 4.79 Å². The maximum absolute atomic E-state index is 12.8. The van der Waals surface area contributed by atoms with Gasteiger partial charge in [-0.1, -0.05) is 12.1 Å². The molecule has 0 fully saturated rings. The van der Waals surface area contributed by atoms with E-state index in [2.05, 4.69) is 4.98 Å². The largest absolute Gasteiger partial charge is 0.490 e. The molecule has 2 rings (SSSR count). The first-order valence-corrected chi connectivity index (χ1v) is 7.15. The number of ether oxygens (including phenoxy) is 1. The Hall–Kier alpha value is -2.48. The predicted molar refractivity (Wildman–Crippen MR) is 80.7 cm³/mol. The number of aliphatic hydroxyl groups is 1. The van der Waals surface area contributed by atoms with Gasteiger partial charge in [0.1, 0.15) is 24.2 Å². The number of likely N-dealkylation sites (N-methyl/N-ethyl adjacent to an activating group) is 1. The standard InChI is InChI=1S/C16H17F3N2O3/c1-21(15(23)13-6-4-8-20-13)9-11(22)10-24-14-7-3-2-5-12(14)16(17,18)19/h2-8,11,20,22H,9-10H2,1H3. The zero-order chi connectivity index (χ0) is 17.7. The summed E-state index contributed by atoms with van der Waals surface area (Å²) in [7, 11) is 1.48. The number of nitrogens with zero attached hydrogens (tertiary/aromatic N) is 1. The molecule has 0 saturated heterocycles. The van der Waals surface area contributed by atoms with Crippen molar-refractivity contribution in [3.05, 3.63) is 53.9 Å². The lowest BCUT2D eigenvalue weighted by atomic mass is 10.2. The maximum atomic E-state index is 12.8. The van der Waals surface area contributed by atoms with Gasteiger partial charge in [-0.05, 0) is 24.3 Å². The molecule has 1 unspecified atom stereocenters. The Kier molecular flexibility index (Phi) is 5.50. The smallest absolute Gasteiger partial charge is 0.419 e. The summed E-state index contributed by atoms with van der Waals surface area (Å²) >= 11 is 0. The molecule has 0 bridgehead atoms. The summed E-state index contributed by atoms with van der Waals surface area (Å²) in [5, 5.41) is 9.91. The second kappa shape index (κ2) is 7.39. The molecule has 8 heteroatoms. The van der Waals surface area contributed by atoms with Gasteiger partial charge in [0, 0.05) is 19.8 Å². The number of alkyl halides is 3. The summed E-state index contributed by atoms with van der Waals surface area (Å²) < 4.78 is 43.6. The Morgan fingerprint density at radius 1 is 1.29 bits per heavy atom. The van der Waals surface area contributed by atoms with Crippen LogP contribution in [-0.2, 0) is 6.18 Å². The number of carbonyl (C=O) groups is 1. The van der Waals surface area contributed by atoms with Gasteiger partial charge in [-0.2, -0.15) is 13.2 Å². The third kappa shape index (κ3) is 4.51. The first kappa shape index (κ1) is 17.9. The Morgan fingerprint density at radius 3 is 2.62 bits per heavy atom. The van der Waals surface area contributed by atoms with Crippen LogP contribution in [0.15, 0.2) is 42.6 Å². The number of rotatable bonds is 6. The van der Waals surface area contributed by atoms with E-state index in [1.54, 1.807) is 18.3 Å². The minimum absolute atomic E-state index is 0.0773. The van der Waals surface area contributed by atoms with Gasteiger partial charge in [0.25, 0.3) is 5.91 Å². The van der Waals surface area contributed by atoms with Crippen LogP contribution >= 0.6 is 0 Å². The van der Waals surface area contributed by atoms with E-state index in [0.29, 0.717) is 5.69 Å². The molecule has 2 N–H and O–H groups in total. The molecular formula is C16H17F3N2O3. The van der Waals surface area contributed by atoms with Crippen molar-refractivity contribution in [2.75, 3.05) is 20.2 Å². The van der Waals surface area contributed by atoms with E-state index in [1.165, 1.54) is 30.1 Å². The quantitative estimate of drug-likeness (QED) is 0.848. The summed E-state index contributed by atoms with van der Waals surface area (Å²) in [6, 6.07) is 8.01. The van der Waals surface area contributed by atoms with Gasteiger partial charge in [0.2, 0.25) is 0 Å². The minimum atomic E-state index is -4.54. The highest BCUT2D eigenvalue weighted by Crippen LogP contribution is 2.35. The van der Waals surface area contributed by atoms with Crippen molar-refractivity contribution in [2.24, 2.45) is 0 Å². The number of nitrogens with one attached hydrogen (secondary N) is 1. The lowest BCUT2D eigenvalue weighted by Gasteiger charge is -2.21. The normalized spacial score (nSPS) is 12.7. The third-order valence-corrected chi connectivity index (χ3v) is 3.28. The van der Waals surface area contributed by atoms with Gasteiger partial charge < -0.3 is 19.7 Å².